The first-order valence-electron chi connectivity index (χ1n) is 6.64. The summed E-state index contributed by atoms with van der Waals surface area (Å²) in [6.45, 7) is 6.27. The Morgan fingerprint density at radius 3 is 2.65 bits per heavy atom. The summed E-state index contributed by atoms with van der Waals surface area (Å²) in [5.41, 5.74) is 2.93. The van der Waals surface area contributed by atoms with Gasteiger partial charge in [0, 0.05) is 23.4 Å². The molecule has 0 spiro atoms. The maximum Gasteiger partial charge on any atom is 0.161 e. The zero-order valence-corrected chi connectivity index (χ0v) is 11.6. The molecular weight excluding hydrogens is 250 g/mol. The minimum atomic E-state index is 0.0667. The van der Waals surface area contributed by atoms with Crippen LogP contribution in [0.25, 0.3) is 11.4 Å². The number of allylic oxidation sites excluding steroid dienone is 1. The summed E-state index contributed by atoms with van der Waals surface area (Å²) >= 11 is 0. The zero-order chi connectivity index (χ0) is 14.4. The largest absolute Gasteiger partial charge is 0.395 e. The molecule has 0 radical (unpaired) electrons. The predicted molar refractivity (Wildman–Crippen MR) is 81.7 cm³/mol. The highest BCUT2D eigenvalue weighted by Gasteiger charge is 2.11. The molecule has 0 amide bonds. The van der Waals surface area contributed by atoms with E-state index in [0.717, 1.165) is 22.6 Å². The molecule has 4 nitrogen and oxygen atoms in total. The Balaban J connectivity index is 2.45. The molecule has 0 bridgehead atoms. The lowest BCUT2D eigenvalue weighted by Gasteiger charge is -2.13. The van der Waals surface area contributed by atoms with Crippen LogP contribution in [0.5, 0.6) is 0 Å². The van der Waals surface area contributed by atoms with Crippen molar-refractivity contribution >= 4 is 5.82 Å². The second-order valence-electron chi connectivity index (χ2n) is 4.47. The van der Waals surface area contributed by atoms with Crippen molar-refractivity contribution in [2.75, 3.05) is 18.5 Å². The number of rotatable bonds is 6. The van der Waals surface area contributed by atoms with Crippen molar-refractivity contribution in [1.82, 2.24) is 9.97 Å². The summed E-state index contributed by atoms with van der Waals surface area (Å²) in [6.07, 6.45) is 2.53. The molecule has 4 heteroatoms. The van der Waals surface area contributed by atoms with Gasteiger partial charge in [-0.15, -0.1) is 6.58 Å². The first kappa shape index (κ1) is 14.2. The molecule has 0 saturated heterocycles. The molecule has 1 heterocycles. The number of hydrogen-bond donors (Lipinski definition) is 2. The normalized spacial score (nSPS) is 10.3. The second kappa shape index (κ2) is 6.82. The molecule has 1 aromatic carbocycles. The van der Waals surface area contributed by atoms with Crippen molar-refractivity contribution in [3.63, 3.8) is 0 Å². The van der Waals surface area contributed by atoms with Crippen molar-refractivity contribution in [3.8, 4) is 11.4 Å². The molecule has 0 unspecified atom stereocenters. The van der Waals surface area contributed by atoms with E-state index in [2.05, 4.69) is 21.9 Å². The summed E-state index contributed by atoms with van der Waals surface area (Å²) in [5, 5.41) is 12.1. The lowest BCUT2D eigenvalue weighted by molar-refractivity contribution is 0.311. The first-order valence-corrected chi connectivity index (χ1v) is 6.64. The number of aryl methyl sites for hydroxylation is 1. The molecule has 0 saturated carbocycles. The third-order valence-electron chi connectivity index (χ3n) is 3.00. The summed E-state index contributed by atoms with van der Waals surface area (Å²) in [6, 6.07) is 9.86. The molecule has 0 aliphatic carbocycles. The lowest BCUT2D eigenvalue weighted by atomic mass is 10.1. The van der Waals surface area contributed by atoms with Crippen LogP contribution in [0.15, 0.2) is 43.0 Å². The second-order valence-corrected chi connectivity index (χ2v) is 4.47. The monoisotopic (exact) mass is 269 g/mol. The van der Waals surface area contributed by atoms with Crippen molar-refractivity contribution in [3.05, 3.63) is 54.2 Å². The topological polar surface area (TPSA) is 58.0 Å². The van der Waals surface area contributed by atoms with Gasteiger partial charge in [0.2, 0.25) is 0 Å². The van der Waals surface area contributed by atoms with Crippen LogP contribution in [0.3, 0.4) is 0 Å². The molecule has 0 aliphatic heterocycles. The van der Waals surface area contributed by atoms with Crippen LogP contribution in [0.4, 0.5) is 5.82 Å². The molecule has 0 fully saturated rings. The van der Waals surface area contributed by atoms with Gasteiger partial charge in [-0.3, -0.25) is 0 Å². The molecular formula is C16H19N3O. The molecule has 2 aromatic rings. The van der Waals surface area contributed by atoms with E-state index in [4.69, 9.17) is 5.11 Å². The van der Waals surface area contributed by atoms with Crippen molar-refractivity contribution in [2.45, 2.75) is 13.3 Å². The van der Waals surface area contributed by atoms with E-state index in [1.54, 1.807) is 0 Å². The molecule has 104 valence electrons. The summed E-state index contributed by atoms with van der Waals surface area (Å²) in [4.78, 5) is 9.15. The lowest BCUT2D eigenvalue weighted by Crippen LogP contribution is -2.12. The first-order chi connectivity index (χ1) is 9.76. The fraction of sp³-hybridized carbons (Fsp3) is 0.250. The van der Waals surface area contributed by atoms with Crippen LogP contribution in [0.1, 0.15) is 11.3 Å². The van der Waals surface area contributed by atoms with E-state index < -0.39 is 0 Å². The van der Waals surface area contributed by atoms with E-state index in [9.17, 15) is 0 Å². The summed E-state index contributed by atoms with van der Waals surface area (Å²) in [5.74, 6) is 1.46. The number of nitrogens with zero attached hydrogens (tertiary/aromatic N) is 2. The number of aromatic nitrogens is 2. The maximum absolute atomic E-state index is 8.98. The molecule has 2 rings (SSSR count). The number of nitrogens with one attached hydrogen (secondary N) is 1. The van der Waals surface area contributed by atoms with Crippen LogP contribution in [0.2, 0.25) is 0 Å². The van der Waals surface area contributed by atoms with E-state index in [0.29, 0.717) is 18.8 Å². The molecule has 0 atom stereocenters. The van der Waals surface area contributed by atoms with Crippen LogP contribution in [-0.4, -0.2) is 28.2 Å². The average molecular weight is 269 g/mol. The van der Waals surface area contributed by atoms with Crippen LogP contribution >= 0.6 is 0 Å². The van der Waals surface area contributed by atoms with Gasteiger partial charge in [0.15, 0.2) is 5.82 Å². The molecule has 0 aliphatic rings. The Kier molecular flexibility index (Phi) is 4.85. The van der Waals surface area contributed by atoms with Gasteiger partial charge in [-0.2, -0.15) is 0 Å². The average Bonchev–Trinajstić information content (AvgIpc) is 2.48. The van der Waals surface area contributed by atoms with Gasteiger partial charge in [0.1, 0.15) is 5.82 Å². The van der Waals surface area contributed by atoms with Crippen LogP contribution in [0, 0.1) is 6.92 Å². The number of aliphatic hydroxyl groups excluding tert-OH is 1. The molecule has 20 heavy (non-hydrogen) atoms. The fourth-order valence-electron chi connectivity index (χ4n) is 2.02. The predicted octanol–water partition coefficient (Wildman–Crippen LogP) is 2.58. The van der Waals surface area contributed by atoms with Gasteiger partial charge in [0.05, 0.1) is 6.61 Å². The minimum absolute atomic E-state index is 0.0667. The quantitative estimate of drug-likeness (QED) is 0.791. The Hall–Kier alpha value is -2.20. The van der Waals surface area contributed by atoms with Gasteiger partial charge >= 0.3 is 0 Å². The summed E-state index contributed by atoms with van der Waals surface area (Å²) < 4.78 is 0. The van der Waals surface area contributed by atoms with Crippen molar-refractivity contribution in [1.29, 1.82) is 0 Å². The van der Waals surface area contributed by atoms with Crippen molar-refractivity contribution < 1.29 is 5.11 Å². The third kappa shape index (κ3) is 3.22. The van der Waals surface area contributed by atoms with Crippen LogP contribution < -0.4 is 5.32 Å². The highest BCUT2D eigenvalue weighted by atomic mass is 16.3. The van der Waals surface area contributed by atoms with E-state index in [1.165, 1.54) is 0 Å². The zero-order valence-electron chi connectivity index (χ0n) is 11.6. The minimum Gasteiger partial charge on any atom is -0.395 e. The standard InChI is InChI=1S/C16H19N3O/c1-3-7-14-12(2)18-15(13-8-5-4-6-9-13)19-16(14)17-10-11-20/h3-6,8-9,20H,1,7,10-11H2,2H3,(H,17,18,19). The Bertz CT molecular complexity index is 582. The van der Waals surface area contributed by atoms with Gasteiger partial charge in [-0.05, 0) is 13.3 Å². The SMILES string of the molecule is C=CCc1c(C)nc(-c2ccccc2)nc1NCCO. The number of benzene rings is 1. The van der Waals surface area contributed by atoms with Gasteiger partial charge in [0.25, 0.3) is 0 Å². The highest BCUT2D eigenvalue weighted by molar-refractivity contribution is 5.60. The van der Waals surface area contributed by atoms with E-state index >= 15 is 0 Å². The smallest absolute Gasteiger partial charge is 0.161 e. The van der Waals surface area contributed by atoms with Gasteiger partial charge in [-0.25, -0.2) is 9.97 Å². The summed E-state index contributed by atoms with van der Waals surface area (Å²) in [7, 11) is 0. The van der Waals surface area contributed by atoms with E-state index in [-0.39, 0.29) is 6.61 Å². The van der Waals surface area contributed by atoms with Crippen LogP contribution in [-0.2, 0) is 6.42 Å². The van der Waals surface area contributed by atoms with Crippen molar-refractivity contribution in [2.24, 2.45) is 0 Å². The number of anilines is 1. The molecule has 1 aromatic heterocycles. The van der Waals surface area contributed by atoms with E-state index in [1.807, 2.05) is 43.3 Å². The molecule has 2 N–H and O–H groups in total. The Morgan fingerprint density at radius 2 is 2.00 bits per heavy atom. The Morgan fingerprint density at radius 1 is 1.25 bits per heavy atom. The maximum atomic E-state index is 8.98. The Labute approximate surface area is 119 Å². The van der Waals surface area contributed by atoms with Gasteiger partial charge in [-0.1, -0.05) is 36.4 Å². The third-order valence-corrected chi connectivity index (χ3v) is 3.00. The number of hydrogen-bond acceptors (Lipinski definition) is 4. The number of aliphatic hydroxyl groups is 1. The van der Waals surface area contributed by atoms with Gasteiger partial charge < -0.3 is 10.4 Å². The highest BCUT2D eigenvalue weighted by Crippen LogP contribution is 2.22. The fourth-order valence-corrected chi connectivity index (χ4v) is 2.02.